The third-order valence-electron chi connectivity index (χ3n) is 5.27. The van der Waals surface area contributed by atoms with Crippen LogP contribution in [0.15, 0.2) is 0 Å². The van der Waals surface area contributed by atoms with Gasteiger partial charge in [0.05, 0.1) is 0 Å². The maximum Gasteiger partial charge on any atom is 0.239 e. The van der Waals surface area contributed by atoms with E-state index in [0.717, 1.165) is 52.0 Å². The number of nitrogens with zero attached hydrogens (tertiary/aromatic N) is 2. The molecule has 2 aliphatic rings. The third kappa shape index (κ3) is 3.58. The highest BCUT2D eigenvalue weighted by Crippen LogP contribution is 2.40. The number of rotatable bonds is 7. The van der Waals surface area contributed by atoms with Crippen molar-refractivity contribution in [1.82, 2.24) is 15.1 Å². The van der Waals surface area contributed by atoms with Crippen molar-refractivity contribution >= 4 is 5.91 Å². The van der Waals surface area contributed by atoms with Crippen LogP contribution in [0.3, 0.4) is 0 Å². The summed E-state index contributed by atoms with van der Waals surface area (Å²) in [6, 6.07) is 0. The van der Waals surface area contributed by atoms with Gasteiger partial charge in [-0.3, -0.25) is 14.6 Å². The molecule has 21 heavy (non-hydrogen) atoms. The summed E-state index contributed by atoms with van der Waals surface area (Å²) >= 11 is 0. The number of primary amides is 1. The maximum atomic E-state index is 12.2. The monoisotopic (exact) mass is 296 g/mol. The second-order valence-electron chi connectivity index (χ2n) is 7.48. The van der Waals surface area contributed by atoms with Gasteiger partial charge >= 0.3 is 0 Å². The molecule has 0 aromatic carbocycles. The molecule has 1 aliphatic heterocycles. The van der Waals surface area contributed by atoms with E-state index in [1.165, 1.54) is 0 Å². The molecule has 1 unspecified atom stereocenters. The zero-order chi connectivity index (χ0) is 15.7. The Morgan fingerprint density at radius 3 is 2.52 bits per heavy atom. The topological polar surface area (TPSA) is 61.6 Å². The summed E-state index contributed by atoms with van der Waals surface area (Å²) < 4.78 is 0. The Balaban J connectivity index is 2.09. The summed E-state index contributed by atoms with van der Waals surface area (Å²) in [5.74, 6) is 0.250. The maximum absolute atomic E-state index is 12.2. The Hall–Kier alpha value is -0.650. The van der Waals surface area contributed by atoms with Crippen LogP contribution >= 0.6 is 0 Å². The molecule has 1 amide bonds. The van der Waals surface area contributed by atoms with Crippen LogP contribution in [0.4, 0.5) is 0 Å². The average molecular weight is 296 g/mol. The van der Waals surface area contributed by atoms with Gasteiger partial charge in [-0.25, -0.2) is 0 Å². The molecule has 1 saturated carbocycles. The molecule has 5 heteroatoms. The molecule has 1 aliphatic carbocycles. The van der Waals surface area contributed by atoms with E-state index in [9.17, 15) is 4.79 Å². The minimum absolute atomic E-state index is 0.149. The molecule has 1 heterocycles. The SMILES string of the molecule is CCCNC(CN1CCN(C)C(C)(C)C1)(C(N)=O)C1CC1. The van der Waals surface area contributed by atoms with E-state index in [2.05, 4.69) is 42.9 Å². The van der Waals surface area contributed by atoms with Crippen molar-refractivity contribution in [2.75, 3.05) is 39.8 Å². The first-order valence-electron chi connectivity index (χ1n) is 8.30. The second kappa shape index (κ2) is 6.23. The number of nitrogens with one attached hydrogen (secondary N) is 1. The molecule has 3 N–H and O–H groups in total. The van der Waals surface area contributed by atoms with E-state index in [0.29, 0.717) is 5.92 Å². The summed E-state index contributed by atoms with van der Waals surface area (Å²) in [6.07, 6.45) is 3.27. The van der Waals surface area contributed by atoms with E-state index >= 15 is 0 Å². The molecular formula is C16H32N4O. The Labute approximate surface area is 129 Å². The Morgan fingerprint density at radius 2 is 2.05 bits per heavy atom. The fourth-order valence-corrected chi connectivity index (χ4v) is 3.45. The highest BCUT2D eigenvalue weighted by molar-refractivity contribution is 5.86. The van der Waals surface area contributed by atoms with Crippen molar-refractivity contribution in [2.24, 2.45) is 11.7 Å². The minimum Gasteiger partial charge on any atom is -0.368 e. The molecule has 0 bridgehead atoms. The first-order valence-corrected chi connectivity index (χ1v) is 8.30. The zero-order valence-electron chi connectivity index (χ0n) is 14.1. The van der Waals surface area contributed by atoms with E-state index in [-0.39, 0.29) is 11.4 Å². The highest BCUT2D eigenvalue weighted by Gasteiger charge is 2.51. The van der Waals surface area contributed by atoms with Crippen molar-refractivity contribution in [3.05, 3.63) is 0 Å². The number of hydrogen-bond donors (Lipinski definition) is 2. The summed E-state index contributed by atoms with van der Waals surface area (Å²) in [5.41, 5.74) is 5.45. The van der Waals surface area contributed by atoms with Crippen LogP contribution in [0.5, 0.6) is 0 Å². The molecule has 5 nitrogen and oxygen atoms in total. The summed E-state index contributed by atoms with van der Waals surface area (Å²) in [6.45, 7) is 11.3. The summed E-state index contributed by atoms with van der Waals surface area (Å²) in [5, 5.41) is 3.50. The number of carbonyl (C=O) groups is 1. The number of amides is 1. The predicted molar refractivity (Wildman–Crippen MR) is 86.1 cm³/mol. The van der Waals surface area contributed by atoms with E-state index < -0.39 is 5.54 Å². The largest absolute Gasteiger partial charge is 0.368 e. The number of likely N-dealkylation sites (N-methyl/N-ethyl adjacent to an activating group) is 1. The van der Waals surface area contributed by atoms with Crippen LogP contribution in [0, 0.1) is 5.92 Å². The van der Waals surface area contributed by atoms with Gasteiger partial charge < -0.3 is 11.1 Å². The molecule has 1 atom stereocenters. The molecule has 122 valence electrons. The average Bonchev–Trinajstić information content (AvgIpc) is 3.23. The second-order valence-corrected chi connectivity index (χ2v) is 7.48. The smallest absolute Gasteiger partial charge is 0.239 e. The van der Waals surface area contributed by atoms with Crippen LogP contribution in [-0.2, 0) is 4.79 Å². The molecule has 2 rings (SSSR count). The summed E-state index contributed by atoms with van der Waals surface area (Å²) in [4.78, 5) is 17.0. The van der Waals surface area contributed by atoms with Gasteiger partial charge in [0.1, 0.15) is 5.54 Å². The molecule has 0 aromatic heterocycles. The standard InChI is InChI=1S/C16H32N4O/c1-5-8-18-16(14(17)21,13-6-7-13)12-20-10-9-19(4)15(2,3)11-20/h13,18H,5-12H2,1-4H3,(H2,17,21). The Bertz CT molecular complexity index is 380. The lowest BCUT2D eigenvalue weighted by Gasteiger charge is -2.48. The van der Waals surface area contributed by atoms with E-state index in [4.69, 9.17) is 5.73 Å². The molecule has 2 fully saturated rings. The van der Waals surface area contributed by atoms with Crippen molar-refractivity contribution < 1.29 is 4.79 Å². The van der Waals surface area contributed by atoms with Gasteiger partial charge in [-0.1, -0.05) is 6.92 Å². The van der Waals surface area contributed by atoms with E-state index in [1.807, 2.05) is 0 Å². The quantitative estimate of drug-likeness (QED) is 0.724. The third-order valence-corrected chi connectivity index (χ3v) is 5.27. The van der Waals surface area contributed by atoms with Crippen LogP contribution in [0.1, 0.15) is 40.0 Å². The van der Waals surface area contributed by atoms with Crippen molar-refractivity contribution in [2.45, 2.75) is 51.1 Å². The van der Waals surface area contributed by atoms with Gasteiger partial charge in [0.2, 0.25) is 5.91 Å². The lowest BCUT2D eigenvalue weighted by molar-refractivity contribution is -0.127. The lowest BCUT2D eigenvalue weighted by atomic mass is 9.89. The minimum atomic E-state index is -0.526. The van der Waals surface area contributed by atoms with Gasteiger partial charge in [-0.05, 0) is 52.6 Å². The number of hydrogen-bond acceptors (Lipinski definition) is 4. The lowest BCUT2D eigenvalue weighted by Crippen LogP contribution is -2.67. The van der Waals surface area contributed by atoms with Gasteiger partial charge in [0.25, 0.3) is 0 Å². The van der Waals surface area contributed by atoms with Crippen LogP contribution < -0.4 is 11.1 Å². The van der Waals surface area contributed by atoms with Crippen molar-refractivity contribution in [3.63, 3.8) is 0 Å². The van der Waals surface area contributed by atoms with Gasteiger partial charge in [0.15, 0.2) is 0 Å². The zero-order valence-corrected chi connectivity index (χ0v) is 14.1. The van der Waals surface area contributed by atoms with Crippen LogP contribution in [0.25, 0.3) is 0 Å². The van der Waals surface area contributed by atoms with Crippen molar-refractivity contribution in [1.29, 1.82) is 0 Å². The first-order chi connectivity index (χ1) is 9.82. The van der Waals surface area contributed by atoms with Gasteiger partial charge in [0, 0.05) is 31.7 Å². The predicted octanol–water partition coefficient (Wildman–Crippen LogP) is 0.646. The van der Waals surface area contributed by atoms with Crippen LogP contribution in [-0.4, -0.2) is 66.6 Å². The summed E-state index contributed by atoms with van der Waals surface area (Å²) in [7, 11) is 2.18. The van der Waals surface area contributed by atoms with Gasteiger partial charge in [-0.15, -0.1) is 0 Å². The molecular weight excluding hydrogens is 264 g/mol. The fraction of sp³-hybridized carbons (Fsp3) is 0.938. The fourth-order valence-electron chi connectivity index (χ4n) is 3.45. The number of nitrogens with two attached hydrogens (primary N) is 1. The molecule has 0 aromatic rings. The molecule has 0 spiro atoms. The molecule has 0 radical (unpaired) electrons. The Kier molecular flexibility index (Phi) is 4.96. The normalized spacial score (nSPS) is 26.5. The van der Waals surface area contributed by atoms with Crippen LogP contribution in [0.2, 0.25) is 0 Å². The number of carbonyl (C=O) groups excluding carboxylic acids is 1. The Morgan fingerprint density at radius 1 is 1.38 bits per heavy atom. The molecule has 1 saturated heterocycles. The van der Waals surface area contributed by atoms with Gasteiger partial charge in [-0.2, -0.15) is 0 Å². The first kappa shape index (κ1) is 16.7. The highest BCUT2D eigenvalue weighted by atomic mass is 16.1. The number of piperazine rings is 1. The van der Waals surface area contributed by atoms with Crippen molar-refractivity contribution in [3.8, 4) is 0 Å². The van der Waals surface area contributed by atoms with E-state index in [1.54, 1.807) is 0 Å².